The topological polar surface area (TPSA) is 106 Å². The van der Waals surface area contributed by atoms with Crippen molar-refractivity contribution in [2.24, 2.45) is 0 Å². The Labute approximate surface area is 214 Å². The summed E-state index contributed by atoms with van der Waals surface area (Å²) in [5.74, 6) is -0.0752. The van der Waals surface area contributed by atoms with Crippen LogP contribution in [0.3, 0.4) is 0 Å². The van der Waals surface area contributed by atoms with E-state index in [2.05, 4.69) is 47.5 Å². The summed E-state index contributed by atoms with van der Waals surface area (Å²) in [5.41, 5.74) is 7.55. The van der Waals surface area contributed by atoms with E-state index in [4.69, 9.17) is 0 Å². The third kappa shape index (κ3) is 4.65. The van der Waals surface area contributed by atoms with Gasteiger partial charge in [-0.3, -0.25) is 19.9 Å². The van der Waals surface area contributed by atoms with Crippen LogP contribution in [0, 0.1) is 0 Å². The fraction of sp³-hybridized carbons (Fsp3) is 0.286. The van der Waals surface area contributed by atoms with E-state index >= 15 is 0 Å². The van der Waals surface area contributed by atoms with E-state index in [0.717, 1.165) is 52.0 Å². The first-order chi connectivity index (χ1) is 18.0. The van der Waals surface area contributed by atoms with Gasteiger partial charge in [-0.15, -0.1) is 0 Å². The molecule has 1 aliphatic rings. The van der Waals surface area contributed by atoms with E-state index < -0.39 is 0 Å². The molecule has 3 N–H and O–H groups in total. The van der Waals surface area contributed by atoms with Gasteiger partial charge in [-0.1, -0.05) is 6.07 Å². The molecule has 5 heterocycles. The Hall–Kier alpha value is -4.24. The first-order valence-electron chi connectivity index (χ1n) is 12.7. The first-order valence-corrected chi connectivity index (χ1v) is 12.7. The smallest absolute Gasteiger partial charge is 0.238 e. The van der Waals surface area contributed by atoms with Crippen LogP contribution in [0.5, 0.6) is 0 Å². The van der Waals surface area contributed by atoms with E-state index in [0.29, 0.717) is 12.2 Å². The molecule has 37 heavy (non-hydrogen) atoms. The number of nitrogens with zero attached hydrogens (tertiary/aromatic N) is 5. The van der Waals surface area contributed by atoms with E-state index in [-0.39, 0.29) is 5.91 Å². The molecule has 0 spiro atoms. The Morgan fingerprint density at radius 1 is 0.946 bits per heavy atom. The molecule has 4 aromatic heterocycles. The number of likely N-dealkylation sites (N-methyl/N-ethyl adjacent to an activating group) is 1. The van der Waals surface area contributed by atoms with Gasteiger partial charge in [0.25, 0.3) is 0 Å². The molecule has 0 aliphatic carbocycles. The summed E-state index contributed by atoms with van der Waals surface area (Å²) in [6, 6.07) is 10.3. The van der Waals surface area contributed by atoms with Gasteiger partial charge in [0, 0.05) is 35.6 Å². The fourth-order valence-corrected chi connectivity index (χ4v) is 5.10. The number of aromatic amines is 2. The maximum absolute atomic E-state index is 12.2. The number of fused-ring (bicyclic) bond motifs is 2. The van der Waals surface area contributed by atoms with Gasteiger partial charge in [0.15, 0.2) is 0 Å². The summed E-state index contributed by atoms with van der Waals surface area (Å²) in [5, 5.41) is 12.9. The fourth-order valence-electron chi connectivity index (χ4n) is 5.10. The summed E-state index contributed by atoms with van der Waals surface area (Å²) < 4.78 is 0. The van der Waals surface area contributed by atoms with Gasteiger partial charge in [-0.25, -0.2) is 0 Å². The second-order valence-corrected chi connectivity index (χ2v) is 9.93. The van der Waals surface area contributed by atoms with Crippen LogP contribution >= 0.6 is 0 Å². The lowest BCUT2D eigenvalue weighted by atomic mass is 10.0. The minimum Gasteiger partial charge on any atom is -0.370 e. The van der Waals surface area contributed by atoms with E-state index in [1.54, 1.807) is 6.20 Å². The number of hydrogen-bond acceptors (Lipinski definition) is 6. The van der Waals surface area contributed by atoms with Crippen molar-refractivity contribution in [1.82, 2.24) is 30.0 Å². The number of benzene rings is 1. The number of H-pyrrole nitrogens is 2. The average Bonchev–Trinajstić information content (AvgIpc) is 3.52. The summed E-state index contributed by atoms with van der Waals surface area (Å²) in [4.78, 5) is 28.9. The number of carbonyl (C=O) groups is 1. The average molecular weight is 495 g/mol. The lowest BCUT2D eigenvalue weighted by Crippen LogP contribution is -2.29. The van der Waals surface area contributed by atoms with E-state index in [1.165, 1.54) is 30.3 Å². The highest BCUT2D eigenvalue weighted by Crippen LogP contribution is 2.35. The van der Waals surface area contributed by atoms with Crippen molar-refractivity contribution in [3.05, 3.63) is 55.1 Å². The van der Waals surface area contributed by atoms with Crippen molar-refractivity contribution in [2.75, 3.05) is 43.9 Å². The number of amides is 1. The van der Waals surface area contributed by atoms with Crippen LogP contribution in [0.4, 0.5) is 11.4 Å². The number of nitrogens with one attached hydrogen (secondary N) is 3. The Balaban J connectivity index is 1.35. The molecule has 1 saturated heterocycles. The van der Waals surface area contributed by atoms with Crippen LogP contribution in [0.2, 0.25) is 0 Å². The summed E-state index contributed by atoms with van der Waals surface area (Å²) >= 11 is 0. The number of hydrogen-bond donors (Lipinski definition) is 3. The molecule has 0 radical (unpaired) electrons. The zero-order chi connectivity index (χ0) is 25.4. The predicted molar refractivity (Wildman–Crippen MR) is 148 cm³/mol. The van der Waals surface area contributed by atoms with Crippen molar-refractivity contribution in [3.63, 3.8) is 0 Å². The molecule has 9 heteroatoms. The highest BCUT2D eigenvalue weighted by atomic mass is 16.2. The monoisotopic (exact) mass is 494 g/mol. The number of piperidine rings is 1. The maximum atomic E-state index is 12.2. The summed E-state index contributed by atoms with van der Waals surface area (Å²) in [6.07, 6.45) is 11.1. The second kappa shape index (κ2) is 9.67. The Bertz CT molecular complexity index is 1580. The predicted octanol–water partition coefficient (Wildman–Crippen LogP) is 4.66. The van der Waals surface area contributed by atoms with Crippen molar-refractivity contribution in [1.29, 1.82) is 0 Å². The molecule has 1 fully saturated rings. The number of rotatable bonds is 6. The van der Waals surface area contributed by atoms with Crippen LogP contribution in [-0.2, 0) is 4.79 Å². The lowest BCUT2D eigenvalue weighted by Gasteiger charge is -2.28. The van der Waals surface area contributed by atoms with Gasteiger partial charge in [0.05, 0.1) is 53.2 Å². The zero-order valence-corrected chi connectivity index (χ0v) is 21.1. The molecule has 1 aromatic carbocycles. The molecule has 1 amide bonds. The molecule has 0 unspecified atom stereocenters. The lowest BCUT2D eigenvalue weighted by molar-refractivity contribution is -0.116. The van der Waals surface area contributed by atoms with Gasteiger partial charge < -0.3 is 20.1 Å². The third-order valence-electron chi connectivity index (χ3n) is 6.85. The molecule has 188 valence electrons. The molecule has 0 bridgehead atoms. The minimum atomic E-state index is -0.0752. The highest BCUT2D eigenvalue weighted by Gasteiger charge is 2.18. The molecule has 1 aliphatic heterocycles. The first kappa shape index (κ1) is 23.2. The molecule has 9 nitrogen and oxygen atoms in total. The van der Waals surface area contributed by atoms with Gasteiger partial charge in [-0.05, 0) is 63.2 Å². The minimum absolute atomic E-state index is 0.0752. The van der Waals surface area contributed by atoms with Gasteiger partial charge >= 0.3 is 0 Å². The quantitative estimate of drug-likeness (QED) is 0.317. The number of aromatic nitrogens is 5. The van der Waals surface area contributed by atoms with Crippen LogP contribution < -0.4 is 10.2 Å². The summed E-state index contributed by atoms with van der Waals surface area (Å²) in [7, 11) is 3.73. The van der Waals surface area contributed by atoms with Gasteiger partial charge in [-0.2, -0.15) is 5.10 Å². The van der Waals surface area contributed by atoms with Gasteiger partial charge in [0.2, 0.25) is 5.91 Å². The molecule has 0 atom stereocenters. The number of anilines is 2. The molecule has 0 saturated carbocycles. The van der Waals surface area contributed by atoms with Crippen molar-refractivity contribution in [3.8, 4) is 22.5 Å². The van der Waals surface area contributed by atoms with Crippen molar-refractivity contribution < 1.29 is 4.79 Å². The van der Waals surface area contributed by atoms with Crippen LogP contribution in [0.15, 0.2) is 55.1 Å². The number of pyridine rings is 2. The Kier molecular flexibility index (Phi) is 6.05. The van der Waals surface area contributed by atoms with Gasteiger partial charge in [0.1, 0.15) is 5.69 Å². The molecule has 5 aromatic rings. The second-order valence-electron chi connectivity index (χ2n) is 9.93. The van der Waals surface area contributed by atoms with Crippen LogP contribution in [0.1, 0.15) is 19.3 Å². The molecular formula is C28H30N8O. The standard InChI is InChI=1S/C28H30N8O/c1-35(2)17-27(37)31-20-10-19(13-29-14-20)18-6-7-23-22(11-18)28(34-33-23)24-12-21-25(32-24)15-30-16-26(21)36-8-4-3-5-9-36/h6-7,10-16,32H,3-5,8-9,17H2,1-2H3,(H,31,37)(H,33,34). The SMILES string of the molecule is CN(C)CC(=O)Nc1cncc(-c2ccc3[nH]nc(-c4cc5c(N6CCCCC6)cncc5[nH]4)c3c2)c1. The molecule has 6 rings (SSSR count). The van der Waals surface area contributed by atoms with E-state index in [9.17, 15) is 4.79 Å². The summed E-state index contributed by atoms with van der Waals surface area (Å²) in [6.45, 7) is 2.45. The van der Waals surface area contributed by atoms with E-state index in [1.807, 2.05) is 55.8 Å². The normalized spacial score (nSPS) is 14.1. The Morgan fingerprint density at radius 2 is 1.78 bits per heavy atom. The number of carbonyl (C=O) groups excluding carboxylic acids is 1. The van der Waals surface area contributed by atoms with Crippen LogP contribution in [0.25, 0.3) is 44.3 Å². The zero-order valence-electron chi connectivity index (χ0n) is 21.1. The van der Waals surface area contributed by atoms with Crippen LogP contribution in [-0.4, -0.2) is 69.7 Å². The third-order valence-corrected chi connectivity index (χ3v) is 6.85. The van der Waals surface area contributed by atoms with Crippen molar-refractivity contribution >= 4 is 39.1 Å². The largest absolute Gasteiger partial charge is 0.370 e. The highest BCUT2D eigenvalue weighted by molar-refractivity contribution is 6.00. The maximum Gasteiger partial charge on any atom is 0.238 e. The van der Waals surface area contributed by atoms with Crippen molar-refractivity contribution in [2.45, 2.75) is 19.3 Å². The molecular weight excluding hydrogens is 464 g/mol. The Morgan fingerprint density at radius 3 is 2.62 bits per heavy atom.